The van der Waals surface area contributed by atoms with Gasteiger partial charge in [-0.25, -0.2) is 0 Å². The van der Waals surface area contributed by atoms with Crippen molar-refractivity contribution < 1.29 is 9.90 Å². The third-order valence-corrected chi connectivity index (χ3v) is 11.8. The Labute approximate surface area is 188 Å². The Kier molecular flexibility index (Phi) is 7.46. The van der Waals surface area contributed by atoms with Crippen molar-refractivity contribution in [2.45, 2.75) is 97.7 Å². The average molecular weight is 445 g/mol. The number of ketones is 1. The highest BCUT2D eigenvalue weighted by molar-refractivity contribution is 7.27. The lowest BCUT2D eigenvalue weighted by molar-refractivity contribution is 0.0985. The van der Waals surface area contributed by atoms with Gasteiger partial charge >= 0.3 is 0 Å². The van der Waals surface area contributed by atoms with Crippen LogP contribution in [0.1, 0.15) is 87.7 Å². The molecule has 0 atom stereocenters. The second-order valence-electron chi connectivity index (χ2n) is 11.3. The van der Waals surface area contributed by atoms with E-state index in [1.54, 1.807) is 11.3 Å². The van der Waals surface area contributed by atoms with Crippen LogP contribution in [0.5, 0.6) is 5.75 Å². The van der Waals surface area contributed by atoms with E-state index in [2.05, 4.69) is 79.8 Å². The van der Waals surface area contributed by atoms with Crippen LogP contribution in [0.15, 0.2) is 24.3 Å². The summed E-state index contributed by atoms with van der Waals surface area (Å²) in [6.45, 7) is 19.9. The molecular formula is C26H40O2SSi. The van der Waals surface area contributed by atoms with Crippen molar-refractivity contribution in [2.75, 3.05) is 0 Å². The number of phenolic OH excluding ortho intramolecular Hbond substituents is 1. The number of aromatic hydroxyl groups is 1. The summed E-state index contributed by atoms with van der Waals surface area (Å²) in [5, 5.41) is 11.0. The quantitative estimate of drug-likeness (QED) is 0.362. The third kappa shape index (κ3) is 5.85. The van der Waals surface area contributed by atoms with E-state index in [9.17, 15) is 9.90 Å². The number of thiophene rings is 1. The van der Waals surface area contributed by atoms with E-state index < -0.39 is 8.07 Å². The van der Waals surface area contributed by atoms with Crippen molar-refractivity contribution in [2.24, 2.45) is 0 Å². The Hall–Kier alpha value is -1.39. The number of phenols is 1. The van der Waals surface area contributed by atoms with Crippen molar-refractivity contribution in [1.29, 1.82) is 0 Å². The van der Waals surface area contributed by atoms with Crippen LogP contribution in [0.3, 0.4) is 0 Å². The van der Waals surface area contributed by atoms with Crippen LogP contribution in [0.4, 0.5) is 0 Å². The molecule has 0 bridgehead atoms. The van der Waals surface area contributed by atoms with E-state index in [-0.39, 0.29) is 16.6 Å². The van der Waals surface area contributed by atoms with Gasteiger partial charge in [0.2, 0.25) is 0 Å². The number of carbonyl (C=O) groups excluding carboxylic acids is 1. The number of Topliss-reactive ketones (excluding diaryl/α,β-unsaturated/α-hetero) is 1. The van der Waals surface area contributed by atoms with Gasteiger partial charge in [-0.15, -0.1) is 11.3 Å². The largest absolute Gasteiger partial charge is 0.507 e. The van der Waals surface area contributed by atoms with Gasteiger partial charge in [0.1, 0.15) is 5.75 Å². The molecule has 30 heavy (non-hydrogen) atoms. The number of benzene rings is 1. The molecule has 2 nitrogen and oxygen atoms in total. The van der Waals surface area contributed by atoms with Crippen molar-refractivity contribution in [3.63, 3.8) is 0 Å². The number of hydrogen-bond acceptors (Lipinski definition) is 3. The fourth-order valence-corrected chi connectivity index (χ4v) is 7.92. The number of carbonyl (C=O) groups is 1. The van der Waals surface area contributed by atoms with Crippen LogP contribution < -0.4 is 4.50 Å². The Morgan fingerprint density at radius 3 is 2.00 bits per heavy atom. The predicted molar refractivity (Wildman–Crippen MR) is 135 cm³/mol. The van der Waals surface area contributed by atoms with E-state index in [4.69, 9.17) is 0 Å². The molecular weight excluding hydrogens is 404 g/mol. The second kappa shape index (κ2) is 9.00. The molecule has 0 aliphatic carbocycles. The SMILES string of the molecule is CCCC(=O)c1ccc([Si](C)(C)CCc2cc(C(C)(C)C)c(O)c(C(C)(C)C)c2)s1. The van der Waals surface area contributed by atoms with E-state index in [1.165, 1.54) is 10.1 Å². The van der Waals surface area contributed by atoms with Gasteiger partial charge in [0.15, 0.2) is 5.78 Å². The molecule has 166 valence electrons. The smallest absolute Gasteiger partial charge is 0.172 e. The van der Waals surface area contributed by atoms with Crippen LogP contribution in [-0.4, -0.2) is 19.0 Å². The minimum atomic E-state index is -1.65. The molecule has 0 saturated carbocycles. The molecule has 1 aromatic carbocycles. The molecule has 2 rings (SSSR count). The normalized spacial score (nSPS) is 13.0. The van der Waals surface area contributed by atoms with Gasteiger partial charge in [-0.3, -0.25) is 4.79 Å². The first-order chi connectivity index (χ1) is 13.7. The lowest BCUT2D eigenvalue weighted by atomic mass is 9.78. The fourth-order valence-electron chi connectivity index (χ4n) is 3.76. The highest BCUT2D eigenvalue weighted by Gasteiger charge is 2.29. The zero-order valence-electron chi connectivity index (χ0n) is 20.4. The van der Waals surface area contributed by atoms with Gasteiger partial charge in [0.25, 0.3) is 0 Å². The van der Waals surface area contributed by atoms with Crippen LogP contribution in [0.25, 0.3) is 0 Å². The molecule has 1 aromatic heterocycles. The van der Waals surface area contributed by atoms with Gasteiger partial charge in [-0.1, -0.05) is 79.8 Å². The molecule has 0 saturated heterocycles. The maximum Gasteiger partial charge on any atom is 0.172 e. The van der Waals surface area contributed by atoms with Crippen LogP contribution in [0, 0.1) is 0 Å². The van der Waals surface area contributed by atoms with E-state index in [0.29, 0.717) is 12.2 Å². The molecule has 0 spiro atoms. The number of rotatable bonds is 7. The molecule has 0 radical (unpaired) electrons. The molecule has 1 heterocycles. The monoisotopic (exact) mass is 444 g/mol. The van der Waals surface area contributed by atoms with Gasteiger partial charge < -0.3 is 5.11 Å². The standard InChI is InChI=1S/C26H40O2SSi/c1-10-11-21(27)22-12-13-23(29-22)30(8,9)15-14-18-16-19(25(2,3)4)24(28)20(17-18)26(5,6)7/h12-13,16-17,28H,10-11,14-15H2,1-9H3. The Bertz CT molecular complexity index is 859. The predicted octanol–water partition coefficient (Wildman–Crippen LogP) is 7.19. The zero-order valence-corrected chi connectivity index (χ0v) is 22.2. The first kappa shape index (κ1) is 24.9. The van der Waals surface area contributed by atoms with Gasteiger partial charge in [0, 0.05) is 6.42 Å². The summed E-state index contributed by atoms with van der Waals surface area (Å²) in [4.78, 5) is 13.2. The first-order valence-corrected chi connectivity index (χ1v) is 15.2. The molecule has 0 aliphatic rings. The average Bonchev–Trinajstić information content (AvgIpc) is 3.10. The van der Waals surface area contributed by atoms with Crippen LogP contribution in [0.2, 0.25) is 19.1 Å². The molecule has 2 aromatic rings. The summed E-state index contributed by atoms with van der Waals surface area (Å²) < 4.78 is 1.41. The highest BCUT2D eigenvalue weighted by atomic mass is 32.1. The first-order valence-electron chi connectivity index (χ1n) is 11.2. The molecule has 0 amide bonds. The summed E-state index contributed by atoms with van der Waals surface area (Å²) in [6.07, 6.45) is 2.54. The molecule has 1 N–H and O–H groups in total. The number of aryl methyl sites for hydroxylation is 1. The van der Waals surface area contributed by atoms with Crippen molar-refractivity contribution >= 4 is 29.7 Å². The summed E-state index contributed by atoms with van der Waals surface area (Å²) in [5.41, 5.74) is 3.17. The fraction of sp³-hybridized carbons (Fsp3) is 0.577. The molecule has 0 fully saturated rings. The van der Waals surface area contributed by atoms with Crippen molar-refractivity contribution in [3.05, 3.63) is 45.8 Å². The maximum absolute atomic E-state index is 12.3. The maximum atomic E-state index is 12.3. The second-order valence-corrected chi connectivity index (χ2v) is 17.5. The highest BCUT2D eigenvalue weighted by Crippen LogP contribution is 2.40. The van der Waals surface area contributed by atoms with Crippen LogP contribution in [-0.2, 0) is 17.3 Å². The minimum Gasteiger partial charge on any atom is -0.507 e. The summed E-state index contributed by atoms with van der Waals surface area (Å²) in [7, 11) is -1.65. The van der Waals surface area contributed by atoms with Gasteiger partial charge in [-0.05, 0) is 57.0 Å². The van der Waals surface area contributed by atoms with E-state index >= 15 is 0 Å². The van der Waals surface area contributed by atoms with Gasteiger partial charge in [0.05, 0.1) is 13.0 Å². The van der Waals surface area contributed by atoms with E-state index in [0.717, 1.165) is 34.9 Å². The Balaban J connectivity index is 2.31. The Morgan fingerprint density at radius 2 is 1.53 bits per heavy atom. The van der Waals surface area contributed by atoms with Crippen molar-refractivity contribution in [1.82, 2.24) is 0 Å². The minimum absolute atomic E-state index is 0.102. The molecule has 0 unspecified atom stereocenters. The van der Waals surface area contributed by atoms with Crippen molar-refractivity contribution in [3.8, 4) is 5.75 Å². The van der Waals surface area contributed by atoms with Crippen LogP contribution >= 0.6 is 11.3 Å². The molecule has 4 heteroatoms. The molecule has 0 aliphatic heterocycles. The lowest BCUT2D eigenvalue weighted by Gasteiger charge is -2.29. The van der Waals surface area contributed by atoms with E-state index in [1.807, 2.05) is 6.07 Å². The third-order valence-electron chi connectivity index (χ3n) is 5.85. The summed E-state index contributed by atoms with van der Waals surface area (Å²) in [6, 6.07) is 9.77. The number of hydrogen-bond donors (Lipinski definition) is 1. The Morgan fingerprint density at radius 1 is 1.00 bits per heavy atom. The van der Waals surface area contributed by atoms with Gasteiger partial charge in [-0.2, -0.15) is 0 Å². The topological polar surface area (TPSA) is 37.3 Å². The summed E-state index contributed by atoms with van der Waals surface area (Å²) >= 11 is 1.71. The zero-order chi connectivity index (χ0) is 22.9. The lowest BCUT2D eigenvalue weighted by Crippen LogP contribution is -2.39. The summed E-state index contributed by atoms with van der Waals surface area (Å²) in [5.74, 6) is 0.731.